The Labute approximate surface area is 92.6 Å². The summed E-state index contributed by atoms with van der Waals surface area (Å²) in [5, 5.41) is 3.45. The van der Waals surface area contributed by atoms with Crippen molar-refractivity contribution in [3.8, 4) is 0 Å². The molecule has 0 bridgehead atoms. The van der Waals surface area contributed by atoms with Gasteiger partial charge in [-0.3, -0.25) is 0 Å². The highest BCUT2D eigenvalue weighted by molar-refractivity contribution is 5.28. The molecule has 0 aliphatic rings. The van der Waals surface area contributed by atoms with Gasteiger partial charge in [-0.05, 0) is 31.9 Å². The molecule has 1 rings (SSSR count). The van der Waals surface area contributed by atoms with Crippen LogP contribution in [0.5, 0.6) is 0 Å². The second-order valence-corrected chi connectivity index (χ2v) is 3.73. The third-order valence-electron chi connectivity index (χ3n) is 2.56. The molecule has 1 atom stereocenters. The van der Waals surface area contributed by atoms with Crippen molar-refractivity contribution in [2.24, 2.45) is 0 Å². The van der Waals surface area contributed by atoms with Crippen LogP contribution in [0.4, 0.5) is 0 Å². The molecule has 0 aliphatic carbocycles. The Hall–Kier alpha value is -0.860. The van der Waals surface area contributed by atoms with Crippen LogP contribution in [0.2, 0.25) is 0 Å². The van der Waals surface area contributed by atoms with E-state index in [9.17, 15) is 0 Å². The molecule has 0 spiro atoms. The summed E-state index contributed by atoms with van der Waals surface area (Å²) < 4.78 is 5.29. The Balaban J connectivity index is 2.40. The van der Waals surface area contributed by atoms with Gasteiger partial charge in [-0.15, -0.1) is 0 Å². The first-order valence-electron chi connectivity index (χ1n) is 5.62. The molecule has 0 saturated carbocycles. The van der Waals surface area contributed by atoms with E-state index in [1.54, 1.807) is 0 Å². The van der Waals surface area contributed by atoms with Crippen LogP contribution in [0, 0.1) is 6.92 Å². The summed E-state index contributed by atoms with van der Waals surface area (Å²) in [4.78, 5) is 0. The molecule has 0 aliphatic heterocycles. The average molecular weight is 207 g/mol. The second-order valence-electron chi connectivity index (χ2n) is 3.73. The molecule has 1 aromatic carbocycles. The van der Waals surface area contributed by atoms with E-state index >= 15 is 0 Å². The molecule has 0 amide bonds. The van der Waals surface area contributed by atoms with Gasteiger partial charge < -0.3 is 10.1 Å². The monoisotopic (exact) mass is 207 g/mol. The summed E-state index contributed by atoms with van der Waals surface area (Å²) in [6.45, 7) is 8.84. The van der Waals surface area contributed by atoms with Gasteiger partial charge in [0.1, 0.15) is 0 Å². The van der Waals surface area contributed by atoms with Crippen LogP contribution in [0.25, 0.3) is 0 Å². The average Bonchev–Trinajstić information content (AvgIpc) is 2.25. The zero-order valence-corrected chi connectivity index (χ0v) is 9.92. The van der Waals surface area contributed by atoms with Gasteiger partial charge in [0.25, 0.3) is 0 Å². The second kappa shape index (κ2) is 6.59. The number of benzene rings is 1. The first-order valence-corrected chi connectivity index (χ1v) is 5.62. The largest absolute Gasteiger partial charge is 0.380 e. The molecule has 0 saturated heterocycles. The SMILES string of the molecule is CCOCCNC(C)c1ccccc1C. The van der Waals surface area contributed by atoms with Crippen molar-refractivity contribution in [2.45, 2.75) is 26.8 Å². The Bertz CT molecular complexity index is 286. The minimum absolute atomic E-state index is 0.395. The maximum atomic E-state index is 5.29. The molecule has 0 fully saturated rings. The number of nitrogens with one attached hydrogen (secondary N) is 1. The lowest BCUT2D eigenvalue weighted by Gasteiger charge is -2.16. The molecule has 1 N–H and O–H groups in total. The normalized spacial score (nSPS) is 12.7. The minimum Gasteiger partial charge on any atom is -0.380 e. The fourth-order valence-corrected chi connectivity index (χ4v) is 1.67. The Morgan fingerprint density at radius 3 is 2.73 bits per heavy atom. The van der Waals surface area contributed by atoms with Crippen molar-refractivity contribution >= 4 is 0 Å². The van der Waals surface area contributed by atoms with Gasteiger partial charge in [-0.1, -0.05) is 24.3 Å². The van der Waals surface area contributed by atoms with Crippen LogP contribution in [-0.4, -0.2) is 19.8 Å². The third kappa shape index (κ3) is 4.02. The van der Waals surface area contributed by atoms with E-state index in [0.717, 1.165) is 19.8 Å². The van der Waals surface area contributed by atoms with Crippen molar-refractivity contribution in [1.29, 1.82) is 0 Å². The lowest BCUT2D eigenvalue weighted by atomic mass is 10.0. The Morgan fingerprint density at radius 2 is 2.07 bits per heavy atom. The summed E-state index contributed by atoms with van der Waals surface area (Å²) in [6, 6.07) is 8.88. The lowest BCUT2D eigenvalue weighted by Crippen LogP contribution is -2.23. The lowest BCUT2D eigenvalue weighted by molar-refractivity contribution is 0.147. The van der Waals surface area contributed by atoms with Gasteiger partial charge in [-0.2, -0.15) is 0 Å². The van der Waals surface area contributed by atoms with E-state index in [-0.39, 0.29) is 0 Å². The molecular weight excluding hydrogens is 186 g/mol. The highest BCUT2D eigenvalue weighted by Crippen LogP contribution is 2.15. The van der Waals surface area contributed by atoms with Crippen molar-refractivity contribution in [3.63, 3.8) is 0 Å². The van der Waals surface area contributed by atoms with Gasteiger partial charge in [0.05, 0.1) is 6.61 Å². The molecule has 0 radical (unpaired) electrons. The molecular formula is C13H21NO. The molecule has 84 valence electrons. The van der Waals surface area contributed by atoms with Crippen molar-refractivity contribution in [3.05, 3.63) is 35.4 Å². The molecule has 0 aromatic heterocycles. The highest BCUT2D eigenvalue weighted by atomic mass is 16.5. The van der Waals surface area contributed by atoms with Crippen LogP contribution < -0.4 is 5.32 Å². The summed E-state index contributed by atoms with van der Waals surface area (Å²) >= 11 is 0. The number of hydrogen-bond donors (Lipinski definition) is 1. The van der Waals surface area contributed by atoms with Crippen LogP contribution in [0.15, 0.2) is 24.3 Å². The molecule has 15 heavy (non-hydrogen) atoms. The smallest absolute Gasteiger partial charge is 0.0590 e. The topological polar surface area (TPSA) is 21.3 Å². The standard InChI is InChI=1S/C13H21NO/c1-4-15-10-9-14-12(3)13-8-6-5-7-11(13)2/h5-8,12,14H,4,9-10H2,1-3H3. The fourth-order valence-electron chi connectivity index (χ4n) is 1.67. The predicted molar refractivity (Wildman–Crippen MR) is 64.1 cm³/mol. The number of rotatable bonds is 6. The van der Waals surface area contributed by atoms with E-state index in [1.807, 2.05) is 6.92 Å². The van der Waals surface area contributed by atoms with Gasteiger partial charge in [0.2, 0.25) is 0 Å². The Morgan fingerprint density at radius 1 is 1.33 bits per heavy atom. The molecule has 2 heteroatoms. The van der Waals surface area contributed by atoms with Crippen molar-refractivity contribution in [1.82, 2.24) is 5.32 Å². The van der Waals surface area contributed by atoms with Gasteiger partial charge in [0.15, 0.2) is 0 Å². The van der Waals surface area contributed by atoms with E-state index in [1.165, 1.54) is 11.1 Å². The van der Waals surface area contributed by atoms with Crippen LogP contribution in [0.1, 0.15) is 31.0 Å². The van der Waals surface area contributed by atoms with Crippen molar-refractivity contribution < 1.29 is 4.74 Å². The fraction of sp³-hybridized carbons (Fsp3) is 0.538. The molecule has 2 nitrogen and oxygen atoms in total. The van der Waals surface area contributed by atoms with Crippen LogP contribution in [0.3, 0.4) is 0 Å². The predicted octanol–water partition coefficient (Wildman–Crippen LogP) is 2.68. The summed E-state index contributed by atoms with van der Waals surface area (Å²) in [6.07, 6.45) is 0. The molecule has 0 heterocycles. The quantitative estimate of drug-likeness (QED) is 0.724. The van der Waals surface area contributed by atoms with Crippen molar-refractivity contribution in [2.75, 3.05) is 19.8 Å². The highest BCUT2D eigenvalue weighted by Gasteiger charge is 2.05. The van der Waals surface area contributed by atoms with E-state index in [0.29, 0.717) is 6.04 Å². The summed E-state index contributed by atoms with van der Waals surface area (Å²) in [5.41, 5.74) is 2.71. The molecule has 1 aromatic rings. The molecule has 1 unspecified atom stereocenters. The van der Waals surface area contributed by atoms with Crippen LogP contribution >= 0.6 is 0 Å². The van der Waals surface area contributed by atoms with Gasteiger partial charge in [-0.25, -0.2) is 0 Å². The van der Waals surface area contributed by atoms with Gasteiger partial charge >= 0.3 is 0 Å². The van der Waals surface area contributed by atoms with E-state index in [2.05, 4.69) is 43.4 Å². The summed E-state index contributed by atoms with van der Waals surface area (Å²) in [7, 11) is 0. The first kappa shape index (κ1) is 12.2. The maximum Gasteiger partial charge on any atom is 0.0590 e. The number of aryl methyl sites for hydroxylation is 1. The Kier molecular flexibility index (Phi) is 5.37. The number of hydrogen-bond acceptors (Lipinski definition) is 2. The summed E-state index contributed by atoms with van der Waals surface area (Å²) in [5.74, 6) is 0. The number of ether oxygens (including phenoxy) is 1. The maximum absolute atomic E-state index is 5.29. The third-order valence-corrected chi connectivity index (χ3v) is 2.56. The minimum atomic E-state index is 0.395. The first-order chi connectivity index (χ1) is 7.25. The zero-order chi connectivity index (χ0) is 11.1. The van der Waals surface area contributed by atoms with Crippen LogP contribution in [-0.2, 0) is 4.74 Å². The zero-order valence-electron chi connectivity index (χ0n) is 9.92. The van der Waals surface area contributed by atoms with E-state index in [4.69, 9.17) is 4.74 Å². The van der Waals surface area contributed by atoms with Gasteiger partial charge in [0, 0.05) is 19.2 Å². The van der Waals surface area contributed by atoms with E-state index < -0.39 is 0 Å².